The highest BCUT2D eigenvalue weighted by Gasteiger charge is 2.11. The van der Waals surface area contributed by atoms with Crippen molar-refractivity contribution in [2.75, 3.05) is 0 Å². The molecule has 0 fully saturated rings. The van der Waals surface area contributed by atoms with Gasteiger partial charge in [0.05, 0.1) is 11.0 Å². The Labute approximate surface area is 141 Å². The molecule has 7 heteroatoms. The van der Waals surface area contributed by atoms with E-state index in [0.717, 1.165) is 11.6 Å². The summed E-state index contributed by atoms with van der Waals surface area (Å²) in [4.78, 5) is 26.2. The number of fused-ring (bicyclic) bond motifs is 1. The van der Waals surface area contributed by atoms with E-state index in [1.807, 2.05) is 30.3 Å². The van der Waals surface area contributed by atoms with Gasteiger partial charge in [-0.3, -0.25) is 10.1 Å². The average Bonchev–Trinajstić information content (AvgIpc) is 2.61. The Morgan fingerprint density at radius 2 is 1.96 bits per heavy atom. The highest BCUT2D eigenvalue weighted by Crippen LogP contribution is 2.18. The minimum absolute atomic E-state index is 0.00988. The molecule has 1 N–H and O–H groups in total. The number of hydrogen-bond acceptors (Lipinski definition) is 6. The van der Waals surface area contributed by atoms with Crippen LogP contribution in [0.2, 0.25) is 0 Å². The number of hydrogen-bond donors (Lipinski definition) is 1. The van der Waals surface area contributed by atoms with Gasteiger partial charge in [0.2, 0.25) is 0 Å². The second-order valence-electron chi connectivity index (χ2n) is 5.11. The molecule has 0 aliphatic heterocycles. The Hall–Kier alpha value is -3.74. The fourth-order valence-corrected chi connectivity index (χ4v) is 2.14. The quantitative estimate of drug-likeness (QED) is 0.337. The SMILES string of the molecule is O=c1oc2cc([N+](=O)[O-])ccc2nc1/C=C(\O)C=Cc1ccccc1. The molecule has 0 unspecified atom stereocenters. The molecule has 0 saturated carbocycles. The van der Waals surface area contributed by atoms with E-state index >= 15 is 0 Å². The van der Waals surface area contributed by atoms with Crippen LogP contribution in [0.1, 0.15) is 11.3 Å². The fraction of sp³-hybridized carbons (Fsp3) is 0. The molecule has 0 aliphatic carbocycles. The number of nitrogens with zero attached hydrogens (tertiary/aromatic N) is 2. The van der Waals surface area contributed by atoms with E-state index in [4.69, 9.17) is 4.42 Å². The van der Waals surface area contributed by atoms with Crippen LogP contribution in [0.25, 0.3) is 23.3 Å². The molecular formula is C18H12N2O5. The number of aromatic nitrogens is 1. The van der Waals surface area contributed by atoms with Crippen LogP contribution in [-0.2, 0) is 0 Å². The molecule has 1 aromatic heterocycles. The summed E-state index contributed by atoms with van der Waals surface area (Å²) in [6, 6.07) is 13.1. The Morgan fingerprint density at radius 3 is 2.68 bits per heavy atom. The summed E-state index contributed by atoms with van der Waals surface area (Å²) in [5.74, 6) is -0.176. The zero-order chi connectivity index (χ0) is 17.8. The van der Waals surface area contributed by atoms with Crippen LogP contribution in [0.3, 0.4) is 0 Å². The fourth-order valence-electron chi connectivity index (χ4n) is 2.14. The van der Waals surface area contributed by atoms with Crippen LogP contribution in [0.4, 0.5) is 5.69 Å². The zero-order valence-electron chi connectivity index (χ0n) is 12.8. The molecule has 0 atom stereocenters. The number of benzene rings is 2. The molecule has 3 aromatic rings. The van der Waals surface area contributed by atoms with Crippen LogP contribution in [-0.4, -0.2) is 15.0 Å². The second kappa shape index (κ2) is 6.79. The number of rotatable bonds is 4. The highest BCUT2D eigenvalue weighted by atomic mass is 16.6. The largest absolute Gasteiger partial charge is 0.508 e. The third kappa shape index (κ3) is 3.78. The maximum absolute atomic E-state index is 11.9. The molecule has 0 radical (unpaired) electrons. The Balaban J connectivity index is 1.94. The molecule has 0 aliphatic rings. The predicted octanol–water partition coefficient (Wildman–Crippen LogP) is 3.71. The number of aliphatic hydroxyl groups excluding tert-OH is 1. The van der Waals surface area contributed by atoms with E-state index in [1.54, 1.807) is 6.08 Å². The van der Waals surface area contributed by atoms with E-state index in [1.165, 1.54) is 24.3 Å². The van der Waals surface area contributed by atoms with Crippen LogP contribution in [0.5, 0.6) is 0 Å². The normalized spacial score (nSPS) is 11.9. The van der Waals surface area contributed by atoms with Crippen molar-refractivity contribution in [1.82, 2.24) is 4.98 Å². The smallest absolute Gasteiger partial charge is 0.362 e. The average molecular weight is 336 g/mol. The van der Waals surface area contributed by atoms with Gasteiger partial charge in [-0.1, -0.05) is 36.4 Å². The minimum Gasteiger partial charge on any atom is -0.508 e. The molecule has 3 rings (SSSR count). The molecule has 0 amide bonds. The van der Waals surface area contributed by atoms with Crippen molar-refractivity contribution in [2.45, 2.75) is 0 Å². The first-order valence-corrected chi connectivity index (χ1v) is 7.26. The molecule has 124 valence electrons. The van der Waals surface area contributed by atoms with E-state index < -0.39 is 10.5 Å². The van der Waals surface area contributed by atoms with Crippen molar-refractivity contribution < 1.29 is 14.4 Å². The maximum Gasteiger partial charge on any atom is 0.362 e. The lowest BCUT2D eigenvalue weighted by atomic mass is 10.2. The molecule has 1 heterocycles. The van der Waals surface area contributed by atoms with Gasteiger partial charge in [-0.05, 0) is 17.7 Å². The molecule has 2 aromatic carbocycles. The lowest BCUT2D eigenvalue weighted by molar-refractivity contribution is -0.384. The molecule has 25 heavy (non-hydrogen) atoms. The lowest BCUT2D eigenvalue weighted by Gasteiger charge is -1.98. The van der Waals surface area contributed by atoms with E-state index in [2.05, 4.69) is 4.98 Å². The Kier molecular flexibility index (Phi) is 4.38. The van der Waals surface area contributed by atoms with Gasteiger partial charge in [-0.15, -0.1) is 0 Å². The van der Waals surface area contributed by atoms with Gasteiger partial charge in [0, 0.05) is 12.1 Å². The third-order valence-corrected chi connectivity index (χ3v) is 3.34. The van der Waals surface area contributed by atoms with Crippen molar-refractivity contribution in [1.29, 1.82) is 0 Å². The number of aliphatic hydroxyl groups is 1. The first-order valence-electron chi connectivity index (χ1n) is 7.26. The summed E-state index contributed by atoms with van der Waals surface area (Å²) in [6.07, 6.45) is 4.28. The first kappa shape index (κ1) is 16.1. The number of non-ortho nitro benzene ring substituents is 1. The molecule has 7 nitrogen and oxygen atoms in total. The lowest BCUT2D eigenvalue weighted by Crippen LogP contribution is -2.06. The van der Waals surface area contributed by atoms with Gasteiger partial charge >= 0.3 is 5.63 Å². The number of allylic oxidation sites excluding steroid dienone is 1. The summed E-state index contributed by atoms with van der Waals surface area (Å²) in [7, 11) is 0. The van der Waals surface area contributed by atoms with Gasteiger partial charge in [0.1, 0.15) is 11.3 Å². The molecular weight excluding hydrogens is 324 g/mol. The molecule has 0 saturated heterocycles. The van der Waals surface area contributed by atoms with Gasteiger partial charge in [-0.2, -0.15) is 0 Å². The second-order valence-corrected chi connectivity index (χ2v) is 5.11. The zero-order valence-corrected chi connectivity index (χ0v) is 12.8. The molecule has 0 spiro atoms. The summed E-state index contributed by atoms with van der Waals surface area (Å²) >= 11 is 0. The van der Waals surface area contributed by atoms with Gasteiger partial charge in [0.25, 0.3) is 5.69 Å². The summed E-state index contributed by atoms with van der Waals surface area (Å²) in [5.41, 5.74) is 0.0684. The summed E-state index contributed by atoms with van der Waals surface area (Å²) in [6.45, 7) is 0. The minimum atomic E-state index is -0.798. The van der Waals surface area contributed by atoms with E-state index in [-0.39, 0.29) is 28.2 Å². The van der Waals surface area contributed by atoms with Crippen LogP contribution >= 0.6 is 0 Å². The van der Waals surface area contributed by atoms with Crippen molar-refractivity contribution in [3.8, 4) is 0 Å². The van der Waals surface area contributed by atoms with E-state index in [0.29, 0.717) is 0 Å². The van der Waals surface area contributed by atoms with Crippen molar-refractivity contribution in [2.24, 2.45) is 0 Å². The summed E-state index contributed by atoms with van der Waals surface area (Å²) in [5, 5.41) is 20.7. The van der Waals surface area contributed by atoms with Gasteiger partial charge in [-0.25, -0.2) is 9.78 Å². The maximum atomic E-state index is 11.9. The highest BCUT2D eigenvalue weighted by molar-refractivity contribution is 5.75. The van der Waals surface area contributed by atoms with Crippen molar-refractivity contribution in [3.63, 3.8) is 0 Å². The van der Waals surface area contributed by atoms with Gasteiger partial charge in [0.15, 0.2) is 11.3 Å². The van der Waals surface area contributed by atoms with Crippen molar-refractivity contribution in [3.05, 3.63) is 92.2 Å². The van der Waals surface area contributed by atoms with Crippen LogP contribution in [0.15, 0.2) is 69.6 Å². The Bertz CT molecular complexity index is 1050. The van der Waals surface area contributed by atoms with E-state index in [9.17, 15) is 20.0 Å². The molecule has 0 bridgehead atoms. The third-order valence-electron chi connectivity index (χ3n) is 3.34. The van der Waals surface area contributed by atoms with Crippen LogP contribution in [0, 0.1) is 10.1 Å². The topological polar surface area (TPSA) is 106 Å². The number of nitro benzene ring substituents is 1. The summed E-state index contributed by atoms with van der Waals surface area (Å²) < 4.78 is 5.04. The predicted molar refractivity (Wildman–Crippen MR) is 93.0 cm³/mol. The van der Waals surface area contributed by atoms with Crippen molar-refractivity contribution >= 4 is 28.9 Å². The first-order chi connectivity index (χ1) is 12.0. The number of nitro groups is 1. The standard InChI is InChI=1S/C18H12N2O5/c21-14(8-6-12-4-2-1-3-5-12)11-16-18(22)25-17-10-13(20(23)24)7-9-15(17)19-16/h1-11,21H/b8-6?,14-11-. The monoisotopic (exact) mass is 336 g/mol. The van der Waals surface area contributed by atoms with Gasteiger partial charge < -0.3 is 9.52 Å². The Morgan fingerprint density at radius 1 is 1.20 bits per heavy atom. The van der Waals surface area contributed by atoms with Crippen LogP contribution < -0.4 is 5.63 Å².